The molecule has 1 N–H and O–H groups in total. The Morgan fingerprint density at radius 1 is 1.18 bits per heavy atom. The number of halogens is 1. The molecule has 3 nitrogen and oxygen atoms in total. The first-order valence-corrected chi connectivity index (χ1v) is 6.06. The van der Waals surface area contributed by atoms with E-state index in [9.17, 15) is 0 Å². The van der Waals surface area contributed by atoms with Crippen molar-refractivity contribution in [1.82, 2.24) is 9.97 Å². The molecule has 1 aliphatic heterocycles. The topological polar surface area (TPSA) is 37.8 Å². The number of nitrogens with one attached hydrogen (secondary N) is 1. The van der Waals surface area contributed by atoms with Crippen molar-refractivity contribution >= 4 is 17.3 Å². The fourth-order valence-electron chi connectivity index (χ4n) is 1.97. The summed E-state index contributed by atoms with van der Waals surface area (Å²) in [5, 5.41) is 4.03. The van der Waals surface area contributed by atoms with Gasteiger partial charge in [0.2, 0.25) is 0 Å². The van der Waals surface area contributed by atoms with Crippen LogP contribution in [0.15, 0.2) is 30.5 Å². The summed E-state index contributed by atoms with van der Waals surface area (Å²) in [5.74, 6) is 0.768. The van der Waals surface area contributed by atoms with Gasteiger partial charge < -0.3 is 5.32 Å². The average Bonchev–Trinajstić information content (AvgIpc) is 2.39. The number of benzene rings is 1. The van der Waals surface area contributed by atoms with Crippen LogP contribution < -0.4 is 5.32 Å². The van der Waals surface area contributed by atoms with Gasteiger partial charge >= 0.3 is 0 Å². The van der Waals surface area contributed by atoms with Crippen molar-refractivity contribution in [2.45, 2.75) is 12.8 Å². The molecule has 0 amide bonds. The highest BCUT2D eigenvalue weighted by molar-refractivity contribution is 6.30. The summed E-state index contributed by atoms with van der Waals surface area (Å²) in [7, 11) is 0. The van der Waals surface area contributed by atoms with Gasteiger partial charge in [-0.1, -0.05) is 11.6 Å². The number of hydrogen-bond acceptors (Lipinski definition) is 3. The summed E-state index contributed by atoms with van der Waals surface area (Å²) in [6, 6.07) is 7.61. The third-order valence-corrected chi connectivity index (χ3v) is 3.13. The smallest absolute Gasteiger partial charge is 0.159 e. The molecule has 0 aliphatic carbocycles. The van der Waals surface area contributed by atoms with E-state index in [1.165, 1.54) is 0 Å². The van der Waals surface area contributed by atoms with Crippen LogP contribution in [0.5, 0.6) is 0 Å². The van der Waals surface area contributed by atoms with Crippen LogP contribution in [0.1, 0.15) is 12.1 Å². The van der Waals surface area contributed by atoms with Crippen molar-refractivity contribution in [3.63, 3.8) is 0 Å². The monoisotopic (exact) mass is 245 g/mol. The highest BCUT2D eigenvalue weighted by Gasteiger charge is 2.11. The summed E-state index contributed by atoms with van der Waals surface area (Å²) < 4.78 is 0. The van der Waals surface area contributed by atoms with E-state index < -0.39 is 0 Å². The number of aromatic nitrogens is 2. The zero-order chi connectivity index (χ0) is 11.7. The van der Waals surface area contributed by atoms with Gasteiger partial charge in [0.05, 0.1) is 17.6 Å². The van der Waals surface area contributed by atoms with Crippen LogP contribution in [-0.4, -0.2) is 16.5 Å². The van der Waals surface area contributed by atoms with Crippen LogP contribution in [0.2, 0.25) is 5.02 Å². The number of anilines is 1. The highest BCUT2D eigenvalue weighted by atomic mass is 35.5. The van der Waals surface area contributed by atoms with Gasteiger partial charge in [-0.05, 0) is 37.1 Å². The number of aryl methyl sites for hydroxylation is 1. The van der Waals surface area contributed by atoms with E-state index in [2.05, 4.69) is 15.3 Å². The second-order valence-electron chi connectivity index (χ2n) is 4.09. The van der Waals surface area contributed by atoms with Crippen LogP contribution in [-0.2, 0) is 6.42 Å². The maximum absolute atomic E-state index is 5.86. The minimum Gasteiger partial charge on any atom is -0.382 e. The molecular weight excluding hydrogens is 234 g/mol. The number of fused-ring (bicyclic) bond motifs is 1. The van der Waals surface area contributed by atoms with Gasteiger partial charge in [0.1, 0.15) is 0 Å². The van der Waals surface area contributed by atoms with Gasteiger partial charge in [-0.3, -0.25) is 0 Å². The molecular formula is C13H12ClN3. The van der Waals surface area contributed by atoms with Gasteiger partial charge in [-0.25, -0.2) is 9.97 Å². The van der Waals surface area contributed by atoms with Crippen molar-refractivity contribution in [2.24, 2.45) is 0 Å². The lowest BCUT2D eigenvalue weighted by molar-refractivity contribution is 0.796. The SMILES string of the molecule is Clc1ccc(-c2ncc3c(n2)CCCN3)cc1. The third-order valence-electron chi connectivity index (χ3n) is 2.88. The zero-order valence-electron chi connectivity index (χ0n) is 9.28. The first-order chi connectivity index (χ1) is 8.33. The minimum atomic E-state index is 0.730. The molecule has 0 spiro atoms. The fraction of sp³-hybridized carbons (Fsp3) is 0.231. The first-order valence-electron chi connectivity index (χ1n) is 5.69. The first kappa shape index (κ1) is 10.5. The molecule has 0 atom stereocenters. The summed E-state index contributed by atoms with van der Waals surface area (Å²) in [5.41, 5.74) is 3.17. The normalized spacial score (nSPS) is 13.9. The summed E-state index contributed by atoms with van der Waals surface area (Å²) in [6.07, 6.45) is 4.01. The van der Waals surface area contributed by atoms with E-state index in [1.807, 2.05) is 30.5 Å². The molecule has 1 aliphatic rings. The van der Waals surface area contributed by atoms with E-state index in [0.29, 0.717) is 0 Å². The number of nitrogens with zero attached hydrogens (tertiary/aromatic N) is 2. The van der Waals surface area contributed by atoms with E-state index in [0.717, 1.165) is 47.2 Å². The van der Waals surface area contributed by atoms with Crippen LogP contribution in [0.4, 0.5) is 5.69 Å². The molecule has 0 unspecified atom stereocenters. The van der Waals surface area contributed by atoms with Crippen molar-refractivity contribution in [1.29, 1.82) is 0 Å². The van der Waals surface area contributed by atoms with E-state index in [-0.39, 0.29) is 0 Å². The molecule has 86 valence electrons. The third kappa shape index (κ3) is 2.11. The van der Waals surface area contributed by atoms with Crippen molar-refractivity contribution in [3.05, 3.63) is 41.2 Å². The van der Waals surface area contributed by atoms with E-state index in [4.69, 9.17) is 11.6 Å². The van der Waals surface area contributed by atoms with Crippen LogP contribution in [0.3, 0.4) is 0 Å². The van der Waals surface area contributed by atoms with Crippen LogP contribution >= 0.6 is 11.6 Å². The standard InChI is InChI=1S/C13H12ClN3/c14-10-5-3-9(4-6-10)13-16-8-12-11(17-13)2-1-7-15-12/h3-6,8,15H,1-2,7H2. The Morgan fingerprint density at radius 2 is 2.00 bits per heavy atom. The second-order valence-corrected chi connectivity index (χ2v) is 4.53. The lowest BCUT2D eigenvalue weighted by Gasteiger charge is -2.16. The number of hydrogen-bond donors (Lipinski definition) is 1. The summed E-state index contributed by atoms with van der Waals surface area (Å²) >= 11 is 5.86. The van der Waals surface area contributed by atoms with Crippen molar-refractivity contribution in [2.75, 3.05) is 11.9 Å². The molecule has 0 saturated heterocycles. The zero-order valence-corrected chi connectivity index (χ0v) is 10.0. The highest BCUT2D eigenvalue weighted by Crippen LogP contribution is 2.23. The Hall–Kier alpha value is -1.61. The van der Waals surface area contributed by atoms with Crippen LogP contribution in [0, 0.1) is 0 Å². The maximum Gasteiger partial charge on any atom is 0.159 e. The summed E-state index contributed by atoms with van der Waals surface area (Å²) in [6.45, 7) is 1.01. The van der Waals surface area contributed by atoms with E-state index in [1.54, 1.807) is 0 Å². The molecule has 3 rings (SSSR count). The lowest BCUT2D eigenvalue weighted by atomic mass is 10.1. The predicted octanol–water partition coefficient (Wildman–Crippen LogP) is 3.16. The van der Waals surface area contributed by atoms with Gasteiger partial charge in [0.25, 0.3) is 0 Å². The van der Waals surface area contributed by atoms with Crippen molar-refractivity contribution in [3.8, 4) is 11.4 Å². The molecule has 0 fully saturated rings. The molecule has 0 saturated carbocycles. The largest absolute Gasteiger partial charge is 0.382 e. The summed E-state index contributed by atoms with van der Waals surface area (Å²) in [4.78, 5) is 8.97. The molecule has 17 heavy (non-hydrogen) atoms. The van der Waals surface area contributed by atoms with Crippen molar-refractivity contribution < 1.29 is 0 Å². The quantitative estimate of drug-likeness (QED) is 0.839. The van der Waals surface area contributed by atoms with Gasteiger partial charge in [0, 0.05) is 17.1 Å². The molecule has 1 aromatic heterocycles. The van der Waals surface area contributed by atoms with Gasteiger partial charge in [0.15, 0.2) is 5.82 Å². The number of rotatable bonds is 1. The molecule has 0 bridgehead atoms. The maximum atomic E-state index is 5.86. The Balaban J connectivity index is 2.01. The minimum absolute atomic E-state index is 0.730. The Bertz CT molecular complexity index is 537. The Labute approximate surface area is 105 Å². The van der Waals surface area contributed by atoms with Gasteiger partial charge in [-0.2, -0.15) is 0 Å². The fourth-order valence-corrected chi connectivity index (χ4v) is 2.10. The second kappa shape index (κ2) is 4.34. The lowest BCUT2D eigenvalue weighted by Crippen LogP contribution is -2.14. The van der Waals surface area contributed by atoms with Gasteiger partial charge in [-0.15, -0.1) is 0 Å². The Kier molecular flexibility index (Phi) is 2.69. The predicted molar refractivity (Wildman–Crippen MR) is 69.3 cm³/mol. The van der Waals surface area contributed by atoms with E-state index >= 15 is 0 Å². The Morgan fingerprint density at radius 3 is 2.82 bits per heavy atom. The molecule has 2 aromatic rings. The molecule has 4 heteroatoms. The molecule has 1 aromatic carbocycles. The molecule has 0 radical (unpaired) electrons. The molecule has 2 heterocycles. The average molecular weight is 246 g/mol. The van der Waals surface area contributed by atoms with Crippen LogP contribution in [0.25, 0.3) is 11.4 Å².